The maximum atomic E-state index is 11.3. The third kappa shape index (κ3) is 3.15. The van der Waals surface area contributed by atoms with Gasteiger partial charge in [-0.2, -0.15) is 0 Å². The van der Waals surface area contributed by atoms with E-state index >= 15 is 0 Å². The van der Waals surface area contributed by atoms with Crippen LogP contribution in [0.15, 0.2) is 18.2 Å². The van der Waals surface area contributed by atoms with Crippen LogP contribution in [0.5, 0.6) is 5.75 Å². The van der Waals surface area contributed by atoms with Gasteiger partial charge in [0.15, 0.2) is 5.75 Å². The van der Waals surface area contributed by atoms with Gasteiger partial charge in [0.25, 0.3) is 0 Å². The van der Waals surface area contributed by atoms with Crippen molar-refractivity contribution in [3.05, 3.63) is 33.9 Å². The second-order valence-corrected chi connectivity index (χ2v) is 4.33. The first kappa shape index (κ1) is 14.1. The molecule has 20 heavy (non-hydrogen) atoms. The Morgan fingerprint density at radius 1 is 1.50 bits per heavy atom. The summed E-state index contributed by atoms with van der Waals surface area (Å²) >= 11 is 0. The molecule has 108 valence electrons. The second-order valence-electron chi connectivity index (χ2n) is 4.33. The van der Waals surface area contributed by atoms with Gasteiger partial charge in [-0.15, -0.1) is 0 Å². The van der Waals surface area contributed by atoms with Crippen LogP contribution in [-0.4, -0.2) is 42.1 Å². The molecule has 1 aliphatic rings. The molecule has 0 spiro atoms. The van der Waals surface area contributed by atoms with Gasteiger partial charge < -0.3 is 20.7 Å². The highest BCUT2D eigenvalue weighted by atomic mass is 16.6. The summed E-state index contributed by atoms with van der Waals surface area (Å²) in [4.78, 5) is 23.4. The molecule has 8 heteroatoms. The van der Waals surface area contributed by atoms with Crippen LogP contribution in [0, 0.1) is 10.1 Å². The van der Waals surface area contributed by atoms with Crippen molar-refractivity contribution in [2.75, 3.05) is 26.2 Å². The van der Waals surface area contributed by atoms with Crippen molar-refractivity contribution in [3.63, 3.8) is 0 Å². The normalized spacial score (nSPS) is 14.2. The first-order valence-corrected chi connectivity index (χ1v) is 6.25. The predicted octanol–water partition coefficient (Wildman–Crippen LogP) is 0.458. The lowest BCUT2D eigenvalue weighted by Gasteiger charge is -2.14. The molecule has 0 unspecified atom stereocenters. The third-order valence-electron chi connectivity index (χ3n) is 3.02. The Morgan fingerprint density at radius 2 is 2.30 bits per heavy atom. The van der Waals surface area contributed by atoms with E-state index in [2.05, 4.69) is 5.32 Å². The highest BCUT2D eigenvalue weighted by Gasteiger charge is 2.20. The Balaban J connectivity index is 1.98. The molecule has 2 rings (SSSR count). The summed E-state index contributed by atoms with van der Waals surface area (Å²) in [6, 6.07) is 4.48. The van der Waals surface area contributed by atoms with Crippen LogP contribution in [0.25, 0.3) is 0 Å². The summed E-state index contributed by atoms with van der Waals surface area (Å²) in [6.07, 6.45) is 0. The Hall–Kier alpha value is -2.35. The number of hydrogen-bond acceptors (Lipinski definition) is 5. The summed E-state index contributed by atoms with van der Waals surface area (Å²) in [7, 11) is 0. The number of hydrogen-bond donors (Lipinski definition) is 2. The van der Waals surface area contributed by atoms with Crippen LogP contribution in [0.4, 0.5) is 10.5 Å². The molecule has 1 heterocycles. The first-order chi connectivity index (χ1) is 9.61. The van der Waals surface area contributed by atoms with Crippen LogP contribution in [-0.2, 0) is 6.54 Å². The predicted molar refractivity (Wildman–Crippen MR) is 71.5 cm³/mol. The smallest absolute Gasteiger partial charge is 0.317 e. The van der Waals surface area contributed by atoms with Crippen LogP contribution < -0.4 is 15.8 Å². The lowest BCUT2D eigenvalue weighted by molar-refractivity contribution is -0.385. The number of carbonyl (C=O) groups is 1. The molecule has 8 nitrogen and oxygen atoms in total. The van der Waals surface area contributed by atoms with E-state index in [1.54, 1.807) is 11.0 Å². The third-order valence-corrected chi connectivity index (χ3v) is 3.02. The van der Waals surface area contributed by atoms with Gasteiger partial charge in [-0.05, 0) is 11.6 Å². The van der Waals surface area contributed by atoms with E-state index in [0.29, 0.717) is 25.2 Å². The lowest BCUT2D eigenvalue weighted by Crippen LogP contribution is -2.31. The quantitative estimate of drug-likeness (QED) is 0.581. The summed E-state index contributed by atoms with van der Waals surface area (Å²) in [5.74, 6) is 0.187. The number of amides is 2. The SMILES string of the molecule is NCc1ccc(OCCN2CCNC2=O)c([N+](=O)[O-])c1. The van der Waals surface area contributed by atoms with E-state index in [9.17, 15) is 14.9 Å². The number of carbonyl (C=O) groups excluding carboxylic acids is 1. The van der Waals surface area contributed by atoms with E-state index in [1.165, 1.54) is 12.1 Å². The van der Waals surface area contributed by atoms with Crippen molar-refractivity contribution in [2.24, 2.45) is 5.73 Å². The fraction of sp³-hybridized carbons (Fsp3) is 0.417. The van der Waals surface area contributed by atoms with E-state index in [1.807, 2.05) is 0 Å². The molecule has 0 saturated carbocycles. The number of nitro groups is 1. The topological polar surface area (TPSA) is 111 Å². The monoisotopic (exact) mass is 280 g/mol. The summed E-state index contributed by atoms with van der Waals surface area (Å²) in [5, 5.41) is 13.6. The minimum Gasteiger partial charge on any atom is -0.485 e. The average molecular weight is 280 g/mol. The fourth-order valence-electron chi connectivity index (χ4n) is 1.94. The number of nitro benzene ring substituents is 1. The molecule has 1 saturated heterocycles. The Kier molecular flexibility index (Phi) is 4.36. The number of ether oxygens (including phenoxy) is 1. The Labute approximate surface area is 115 Å². The molecular formula is C12H16N4O4. The standard InChI is InChI=1S/C12H16N4O4/c13-8-9-1-2-11(10(7-9)16(18)19)20-6-5-15-4-3-14-12(15)17/h1-2,7H,3-6,8,13H2,(H,14,17). The molecule has 0 radical (unpaired) electrons. The van der Waals surface area contributed by atoms with Gasteiger partial charge in [0.05, 0.1) is 11.5 Å². The van der Waals surface area contributed by atoms with Crippen LogP contribution in [0.3, 0.4) is 0 Å². The van der Waals surface area contributed by atoms with Gasteiger partial charge >= 0.3 is 11.7 Å². The minimum atomic E-state index is -0.503. The maximum Gasteiger partial charge on any atom is 0.317 e. The summed E-state index contributed by atoms with van der Waals surface area (Å²) in [5.41, 5.74) is 6.01. The molecule has 0 atom stereocenters. The first-order valence-electron chi connectivity index (χ1n) is 6.25. The summed E-state index contributed by atoms with van der Waals surface area (Å²) in [6.45, 7) is 2.06. The van der Waals surface area contributed by atoms with Gasteiger partial charge in [0.1, 0.15) is 6.61 Å². The molecule has 1 fully saturated rings. The number of benzene rings is 1. The van der Waals surface area contributed by atoms with Crippen molar-refractivity contribution in [3.8, 4) is 5.75 Å². The lowest BCUT2D eigenvalue weighted by atomic mass is 10.2. The fourth-order valence-corrected chi connectivity index (χ4v) is 1.94. The van der Waals surface area contributed by atoms with E-state index in [0.717, 1.165) is 0 Å². The number of nitrogens with one attached hydrogen (secondary N) is 1. The van der Waals surface area contributed by atoms with Crippen molar-refractivity contribution in [2.45, 2.75) is 6.54 Å². The molecule has 1 aliphatic heterocycles. The van der Waals surface area contributed by atoms with E-state index < -0.39 is 4.92 Å². The van der Waals surface area contributed by atoms with Crippen LogP contribution in [0.2, 0.25) is 0 Å². The zero-order chi connectivity index (χ0) is 14.5. The van der Waals surface area contributed by atoms with Gasteiger partial charge in [0.2, 0.25) is 0 Å². The number of nitrogens with two attached hydrogens (primary N) is 1. The average Bonchev–Trinajstić information content (AvgIpc) is 2.84. The number of rotatable bonds is 6. The van der Waals surface area contributed by atoms with Crippen molar-refractivity contribution < 1.29 is 14.5 Å². The minimum absolute atomic E-state index is 0.112. The molecule has 0 aliphatic carbocycles. The zero-order valence-electron chi connectivity index (χ0n) is 10.9. The zero-order valence-corrected chi connectivity index (χ0v) is 10.9. The molecule has 2 amide bonds. The van der Waals surface area contributed by atoms with Gasteiger partial charge in [-0.1, -0.05) is 6.07 Å². The van der Waals surface area contributed by atoms with Crippen LogP contribution in [0.1, 0.15) is 5.56 Å². The molecule has 1 aromatic carbocycles. The van der Waals surface area contributed by atoms with Gasteiger partial charge in [0, 0.05) is 25.7 Å². The van der Waals surface area contributed by atoms with Gasteiger partial charge in [-0.3, -0.25) is 10.1 Å². The van der Waals surface area contributed by atoms with Gasteiger partial charge in [-0.25, -0.2) is 4.79 Å². The highest BCUT2D eigenvalue weighted by Crippen LogP contribution is 2.27. The molecule has 3 N–H and O–H groups in total. The largest absolute Gasteiger partial charge is 0.485 e. The van der Waals surface area contributed by atoms with E-state index in [-0.39, 0.29) is 30.6 Å². The van der Waals surface area contributed by atoms with Crippen molar-refractivity contribution >= 4 is 11.7 Å². The molecule has 1 aromatic rings. The Bertz CT molecular complexity index is 520. The molecule has 0 aromatic heterocycles. The second kappa shape index (κ2) is 6.20. The summed E-state index contributed by atoms with van der Waals surface area (Å²) < 4.78 is 5.40. The molecule has 0 bridgehead atoms. The Morgan fingerprint density at radius 3 is 2.90 bits per heavy atom. The number of urea groups is 1. The van der Waals surface area contributed by atoms with Crippen molar-refractivity contribution in [1.29, 1.82) is 0 Å². The van der Waals surface area contributed by atoms with Crippen LogP contribution >= 0.6 is 0 Å². The maximum absolute atomic E-state index is 11.3. The highest BCUT2D eigenvalue weighted by molar-refractivity contribution is 5.76. The van der Waals surface area contributed by atoms with Crippen molar-refractivity contribution in [1.82, 2.24) is 10.2 Å². The van der Waals surface area contributed by atoms with E-state index in [4.69, 9.17) is 10.5 Å². The number of nitrogens with zero attached hydrogens (tertiary/aromatic N) is 2. The molecular weight excluding hydrogens is 264 g/mol.